The molecule has 0 heterocycles. The fourth-order valence-electron chi connectivity index (χ4n) is 1.14. The molecule has 6 heteroatoms. The Hall–Kier alpha value is -0.850. The molecule has 0 saturated carbocycles. The number of thiol groups is 1. The second kappa shape index (κ2) is 4.78. The summed E-state index contributed by atoms with van der Waals surface area (Å²) in [5.41, 5.74) is 5.23. The molecule has 0 aromatic heterocycles. The highest BCUT2D eigenvalue weighted by Gasteiger charge is 2.21. The van der Waals surface area contributed by atoms with E-state index in [9.17, 15) is 19.0 Å². The maximum absolute atomic E-state index is 12.8. The highest BCUT2D eigenvalue weighted by Crippen LogP contribution is 2.26. The van der Waals surface area contributed by atoms with Crippen LogP contribution in [0.3, 0.4) is 0 Å². The number of anilines is 1. The predicted octanol–water partition coefficient (Wildman–Crippen LogP) is 0.871. The number of nitrogens with two attached hydrogens (primary N) is 1. The molecule has 0 aliphatic rings. The second-order valence-electron chi connectivity index (χ2n) is 3.09. The monoisotopic (exact) mass is 235 g/mol. The number of benzene rings is 1. The number of aliphatic hydroxyl groups excluding tert-OH is 2. The average molecular weight is 235 g/mol. The van der Waals surface area contributed by atoms with E-state index in [2.05, 4.69) is 12.6 Å². The lowest BCUT2D eigenvalue weighted by Gasteiger charge is -2.18. The Labute approximate surface area is 90.9 Å². The number of rotatable bonds is 3. The molecule has 0 bridgehead atoms. The molecular formula is C9H11F2NO2S. The molecule has 1 rings (SSSR count). The fourth-order valence-corrected chi connectivity index (χ4v) is 1.34. The Bertz CT molecular complexity index is 362. The number of hydrogen-bond acceptors (Lipinski definition) is 4. The summed E-state index contributed by atoms with van der Waals surface area (Å²) in [6.45, 7) is 0. The van der Waals surface area contributed by atoms with E-state index >= 15 is 0 Å². The van der Waals surface area contributed by atoms with Crippen molar-refractivity contribution in [1.82, 2.24) is 0 Å². The molecule has 0 saturated heterocycles. The summed E-state index contributed by atoms with van der Waals surface area (Å²) in [6.07, 6.45) is -2.56. The molecule has 0 fully saturated rings. The summed E-state index contributed by atoms with van der Waals surface area (Å²) in [4.78, 5) is 0. The SMILES string of the molecule is Nc1cc(F)c(F)cc1C(O)C(O)CS. The van der Waals surface area contributed by atoms with Crippen molar-refractivity contribution in [3.63, 3.8) is 0 Å². The van der Waals surface area contributed by atoms with Crippen molar-refractivity contribution in [2.24, 2.45) is 0 Å². The minimum atomic E-state index is -1.38. The Morgan fingerprint density at radius 3 is 2.33 bits per heavy atom. The predicted molar refractivity (Wildman–Crippen MR) is 55.6 cm³/mol. The van der Waals surface area contributed by atoms with Crippen LogP contribution in [0.15, 0.2) is 12.1 Å². The Morgan fingerprint density at radius 1 is 1.27 bits per heavy atom. The van der Waals surface area contributed by atoms with Gasteiger partial charge in [0.15, 0.2) is 11.6 Å². The van der Waals surface area contributed by atoms with Gasteiger partial charge >= 0.3 is 0 Å². The van der Waals surface area contributed by atoms with Crippen molar-refractivity contribution in [1.29, 1.82) is 0 Å². The van der Waals surface area contributed by atoms with Crippen LogP contribution in [-0.4, -0.2) is 22.1 Å². The van der Waals surface area contributed by atoms with E-state index in [1.54, 1.807) is 0 Å². The highest BCUT2D eigenvalue weighted by atomic mass is 32.1. The Kier molecular flexibility index (Phi) is 3.90. The molecule has 3 nitrogen and oxygen atoms in total. The average Bonchev–Trinajstić information content (AvgIpc) is 2.21. The van der Waals surface area contributed by atoms with Crippen molar-refractivity contribution in [2.45, 2.75) is 12.2 Å². The van der Waals surface area contributed by atoms with E-state index in [0.29, 0.717) is 0 Å². The largest absolute Gasteiger partial charge is 0.398 e. The quantitative estimate of drug-likeness (QED) is 0.464. The summed E-state index contributed by atoms with van der Waals surface area (Å²) < 4.78 is 25.5. The maximum Gasteiger partial charge on any atom is 0.160 e. The normalized spacial score (nSPS) is 15.0. The van der Waals surface area contributed by atoms with Crippen LogP contribution in [-0.2, 0) is 0 Å². The van der Waals surface area contributed by atoms with Crippen LogP contribution in [0.1, 0.15) is 11.7 Å². The van der Waals surface area contributed by atoms with Crippen molar-refractivity contribution >= 4 is 18.3 Å². The van der Waals surface area contributed by atoms with Gasteiger partial charge in [-0.2, -0.15) is 12.6 Å². The third kappa shape index (κ3) is 2.58. The van der Waals surface area contributed by atoms with Crippen LogP contribution in [0.5, 0.6) is 0 Å². The van der Waals surface area contributed by atoms with Crippen molar-refractivity contribution in [3.05, 3.63) is 29.3 Å². The minimum Gasteiger partial charge on any atom is -0.398 e. The molecule has 0 amide bonds. The molecule has 2 atom stereocenters. The molecule has 0 radical (unpaired) electrons. The molecule has 15 heavy (non-hydrogen) atoms. The van der Waals surface area contributed by atoms with E-state index in [-0.39, 0.29) is 17.0 Å². The minimum absolute atomic E-state index is 0.0143. The van der Waals surface area contributed by atoms with Crippen LogP contribution >= 0.6 is 12.6 Å². The Morgan fingerprint density at radius 2 is 1.80 bits per heavy atom. The van der Waals surface area contributed by atoms with Gasteiger partial charge < -0.3 is 15.9 Å². The third-order valence-corrected chi connectivity index (χ3v) is 2.37. The van der Waals surface area contributed by atoms with Crippen LogP contribution in [0.2, 0.25) is 0 Å². The van der Waals surface area contributed by atoms with Gasteiger partial charge in [0.25, 0.3) is 0 Å². The van der Waals surface area contributed by atoms with Crippen LogP contribution in [0.25, 0.3) is 0 Å². The molecule has 1 aromatic rings. The summed E-state index contributed by atoms with van der Waals surface area (Å²) in [7, 11) is 0. The van der Waals surface area contributed by atoms with Crippen LogP contribution < -0.4 is 5.73 Å². The summed E-state index contributed by atoms with van der Waals surface area (Å²) in [6, 6.07) is 1.53. The van der Waals surface area contributed by atoms with Gasteiger partial charge in [-0.15, -0.1) is 0 Å². The van der Waals surface area contributed by atoms with Crippen molar-refractivity contribution in [3.8, 4) is 0 Å². The van der Waals surface area contributed by atoms with Gasteiger partial charge in [-0.3, -0.25) is 0 Å². The number of halogens is 2. The number of hydrogen-bond donors (Lipinski definition) is 4. The van der Waals surface area contributed by atoms with E-state index in [1.165, 1.54) is 0 Å². The molecule has 2 unspecified atom stereocenters. The summed E-state index contributed by atoms with van der Waals surface area (Å²) in [5, 5.41) is 18.8. The molecular weight excluding hydrogens is 224 g/mol. The zero-order valence-corrected chi connectivity index (χ0v) is 8.59. The molecule has 84 valence electrons. The van der Waals surface area contributed by atoms with Gasteiger partial charge in [-0.25, -0.2) is 8.78 Å². The van der Waals surface area contributed by atoms with Gasteiger partial charge in [-0.05, 0) is 6.07 Å². The Balaban J connectivity index is 3.09. The smallest absolute Gasteiger partial charge is 0.160 e. The molecule has 4 N–H and O–H groups in total. The van der Waals surface area contributed by atoms with Gasteiger partial charge in [-0.1, -0.05) is 0 Å². The lowest BCUT2D eigenvalue weighted by Crippen LogP contribution is -2.21. The molecule has 0 aliphatic carbocycles. The maximum atomic E-state index is 12.8. The van der Waals surface area contributed by atoms with Crippen molar-refractivity contribution in [2.75, 3.05) is 11.5 Å². The van der Waals surface area contributed by atoms with E-state index in [0.717, 1.165) is 12.1 Å². The first kappa shape index (κ1) is 12.2. The summed E-state index contributed by atoms with van der Waals surface area (Å²) in [5.74, 6) is -2.23. The highest BCUT2D eigenvalue weighted by molar-refractivity contribution is 7.80. The lowest BCUT2D eigenvalue weighted by molar-refractivity contribution is 0.0340. The van der Waals surface area contributed by atoms with E-state index in [4.69, 9.17) is 5.73 Å². The lowest BCUT2D eigenvalue weighted by atomic mass is 10.0. The van der Waals surface area contributed by atoms with Gasteiger partial charge in [0.05, 0.1) is 6.10 Å². The van der Waals surface area contributed by atoms with E-state index in [1.807, 2.05) is 0 Å². The first-order valence-electron chi connectivity index (χ1n) is 4.18. The van der Waals surface area contributed by atoms with Crippen molar-refractivity contribution < 1.29 is 19.0 Å². The molecule has 0 spiro atoms. The van der Waals surface area contributed by atoms with E-state index < -0.39 is 23.8 Å². The summed E-state index contributed by atoms with van der Waals surface area (Å²) >= 11 is 3.77. The molecule has 0 aliphatic heterocycles. The van der Waals surface area contributed by atoms with Crippen LogP contribution in [0.4, 0.5) is 14.5 Å². The fraction of sp³-hybridized carbons (Fsp3) is 0.333. The van der Waals surface area contributed by atoms with Gasteiger partial charge in [0.1, 0.15) is 6.10 Å². The van der Waals surface area contributed by atoms with Gasteiger partial charge in [0.2, 0.25) is 0 Å². The zero-order chi connectivity index (χ0) is 11.6. The van der Waals surface area contributed by atoms with Gasteiger partial charge in [0, 0.05) is 23.1 Å². The first-order chi connectivity index (χ1) is 6.97. The number of nitrogen functional groups attached to an aromatic ring is 1. The number of aliphatic hydroxyl groups is 2. The zero-order valence-electron chi connectivity index (χ0n) is 7.69. The third-order valence-electron chi connectivity index (χ3n) is 2.00. The second-order valence-corrected chi connectivity index (χ2v) is 3.46. The first-order valence-corrected chi connectivity index (χ1v) is 4.82. The standard InChI is InChI=1S/C9H11F2NO2S/c10-5-1-4(7(12)2-6(5)11)9(14)8(13)3-15/h1-2,8-9,13-15H,3,12H2. The topological polar surface area (TPSA) is 66.5 Å². The molecule has 1 aromatic carbocycles. The van der Waals surface area contributed by atoms with Crippen LogP contribution in [0, 0.1) is 11.6 Å².